The quantitative estimate of drug-likeness (QED) is 0.472. The number of carbonyl (C=O) groups excluding carboxylic acids is 2. The molecular weight excluding hydrogens is 402 g/mol. The molecule has 0 saturated carbocycles. The molecule has 0 radical (unpaired) electrons. The van der Waals surface area contributed by atoms with Crippen LogP contribution in [0, 0.1) is 11.8 Å². The highest BCUT2D eigenvalue weighted by Gasteiger charge is 2.28. The number of hydrogen-bond acceptors (Lipinski definition) is 4. The van der Waals surface area contributed by atoms with Gasteiger partial charge in [-0.05, 0) is 47.4 Å². The first kappa shape index (κ1) is 21.2. The Labute approximate surface area is 187 Å². The van der Waals surface area contributed by atoms with Gasteiger partial charge in [-0.2, -0.15) is 0 Å². The van der Waals surface area contributed by atoms with Crippen LogP contribution in [-0.2, 0) is 4.74 Å². The fourth-order valence-electron chi connectivity index (χ4n) is 3.93. The number of benzene rings is 3. The van der Waals surface area contributed by atoms with E-state index in [9.17, 15) is 9.59 Å². The van der Waals surface area contributed by atoms with E-state index < -0.39 is 6.09 Å². The monoisotopic (exact) mass is 425 g/mol. The molecule has 160 valence electrons. The number of ketones is 1. The third-order valence-corrected chi connectivity index (χ3v) is 5.49. The number of Topliss-reactive ketones (excluding diaryl/α,β-unsaturated/α-hetero) is 1. The van der Waals surface area contributed by atoms with Crippen LogP contribution in [0.25, 0.3) is 11.1 Å². The molecule has 1 amide bonds. The van der Waals surface area contributed by atoms with Crippen LogP contribution in [0.1, 0.15) is 39.9 Å². The molecular formula is C27H23NO4. The van der Waals surface area contributed by atoms with Gasteiger partial charge in [0, 0.05) is 11.5 Å². The average molecular weight is 425 g/mol. The van der Waals surface area contributed by atoms with Crippen molar-refractivity contribution in [1.29, 1.82) is 0 Å². The van der Waals surface area contributed by atoms with E-state index in [1.54, 1.807) is 25.3 Å². The Morgan fingerprint density at radius 1 is 0.969 bits per heavy atom. The summed E-state index contributed by atoms with van der Waals surface area (Å²) in [4.78, 5) is 23.8. The van der Waals surface area contributed by atoms with Crippen LogP contribution in [0.5, 0.6) is 5.75 Å². The Kier molecular flexibility index (Phi) is 6.23. The van der Waals surface area contributed by atoms with E-state index in [1.165, 1.54) is 29.2 Å². The first-order valence-corrected chi connectivity index (χ1v) is 10.3. The predicted molar refractivity (Wildman–Crippen MR) is 123 cm³/mol. The third kappa shape index (κ3) is 4.35. The van der Waals surface area contributed by atoms with Crippen molar-refractivity contribution >= 4 is 11.9 Å². The molecule has 0 spiro atoms. The van der Waals surface area contributed by atoms with Gasteiger partial charge < -0.3 is 14.8 Å². The van der Waals surface area contributed by atoms with E-state index in [1.807, 2.05) is 24.3 Å². The van der Waals surface area contributed by atoms with Gasteiger partial charge in [0.1, 0.15) is 12.4 Å². The standard InChI is InChI=1S/C27H23NO4/c1-18(29)19-13-14-26(31-2)20(16-19)8-7-15-28-27(30)32-17-25-23-11-5-3-9-21(23)22-10-4-6-12-24(22)25/h3-6,9-14,16,25H,15,17H2,1-2H3,(H,28,30). The smallest absolute Gasteiger partial charge is 0.407 e. The topological polar surface area (TPSA) is 64.6 Å². The average Bonchev–Trinajstić information content (AvgIpc) is 3.14. The molecule has 3 aromatic carbocycles. The van der Waals surface area contributed by atoms with Gasteiger partial charge >= 0.3 is 6.09 Å². The second-order valence-corrected chi connectivity index (χ2v) is 7.45. The zero-order valence-corrected chi connectivity index (χ0v) is 18.0. The normalized spacial score (nSPS) is 11.6. The molecule has 4 rings (SSSR count). The highest BCUT2D eigenvalue weighted by atomic mass is 16.5. The van der Waals surface area contributed by atoms with E-state index >= 15 is 0 Å². The number of methoxy groups -OCH3 is 1. The van der Waals surface area contributed by atoms with Gasteiger partial charge in [-0.25, -0.2) is 4.79 Å². The lowest BCUT2D eigenvalue weighted by atomic mass is 9.98. The number of amides is 1. The van der Waals surface area contributed by atoms with Crippen LogP contribution in [0.15, 0.2) is 66.7 Å². The maximum Gasteiger partial charge on any atom is 0.407 e. The Hall–Kier alpha value is -4.04. The summed E-state index contributed by atoms with van der Waals surface area (Å²) in [5.41, 5.74) is 5.85. The highest BCUT2D eigenvalue weighted by Crippen LogP contribution is 2.44. The second kappa shape index (κ2) is 9.40. The second-order valence-electron chi connectivity index (χ2n) is 7.45. The van der Waals surface area contributed by atoms with Crippen molar-refractivity contribution in [2.75, 3.05) is 20.3 Å². The predicted octanol–water partition coefficient (Wildman–Crippen LogP) is 4.79. The minimum Gasteiger partial charge on any atom is -0.495 e. The molecule has 3 aromatic rings. The molecule has 0 atom stereocenters. The summed E-state index contributed by atoms with van der Waals surface area (Å²) in [5.74, 6) is 6.36. The van der Waals surface area contributed by atoms with Crippen molar-refractivity contribution in [3.63, 3.8) is 0 Å². The summed E-state index contributed by atoms with van der Waals surface area (Å²) in [5, 5.41) is 2.66. The Morgan fingerprint density at radius 3 is 2.25 bits per heavy atom. The Bertz CT molecular complexity index is 1190. The van der Waals surface area contributed by atoms with Gasteiger partial charge in [0.2, 0.25) is 0 Å². The number of fused-ring (bicyclic) bond motifs is 3. The third-order valence-electron chi connectivity index (χ3n) is 5.49. The molecule has 0 bridgehead atoms. The van der Waals surface area contributed by atoms with Gasteiger partial charge in [-0.15, -0.1) is 0 Å². The molecule has 1 aliphatic rings. The molecule has 5 nitrogen and oxygen atoms in total. The van der Waals surface area contributed by atoms with Crippen molar-refractivity contribution in [2.45, 2.75) is 12.8 Å². The van der Waals surface area contributed by atoms with Crippen LogP contribution in [0.3, 0.4) is 0 Å². The molecule has 0 unspecified atom stereocenters. The van der Waals surface area contributed by atoms with Gasteiger partial charge in [0.15, 0.2) is 5.78 Å². The number of carbonyl (C=O) groups is 2. The van der Waals surface area contributed by atoms with Crippen LogP contribution in [0.2, 0.25) is 0 Å². The molecule has 5 heteroatoms. The van der Waals surface area contributed by atoms with Crippen LogP contribution >= 0.6 is 0 Å². The van der Waals surface area contributed by atoms with Gasteiger partial charge in [0.25, 0.3) is 0 Å². The van der Waals surface area contributed by atoms with Gasteiger partial charge in [-0.3, -0.25) is 4.79 Å². The van der Waals surface area contributed by atoms with Crippen molar-refractivity contribution in [3.05, 3.63) is 89.0 Å². The first-order chi connectivity index (χ1) is 15.6. The molecule has 0 fully saturated rings. The Balaban J connectivity index is 1.37. The molecule has 1 N–H and O–H groups in total. The Morgan fingerprint density at radius 2 is 1.62 bits per heavy atom. The van der Waals surface area contributed by atoms with Crippen LogP contribution in [-0.4, -0.2) is 32.1 Å². The maximum atomic E-state index is 12.2. The molecule has 0 aliphatic heterocycles. The SMILES string of the molecule is COc1ccc(C(C)=O)cc1C#CCNC(=O)OCC1c2ccccc2-c2ccccc21. The maximum absolute atomic E-state index is 12.2. The lowest BCUT2D eigenvalue weighted by molar-refractivity contribution is 0.101. The van der Waals surface area contributed by atoms with Gasteiger partial charge in [0.05, 0.1) is 19.2 Å². The van der Waals surface area contributed by atoms with E-state index in [-0.39, 0.29) is 24.9 Å². The highest BCUT2D eigenvalue weighted by molar-refractivity contribution is 5.94. The largest absolute Gasteiger partial charge is 0.495 e. The number of alkyl carbamates (subject to hydrolysis) is 1. The minimum absolute atomic E-state index is 0.0119. The zero-order chi connectivity index (χ0) is 22.5. The lowest BCUT2D eigenvalue weighted by Crippen LogP contribution is -2.26. The summed E-state index contributed by atoms with van der Waals surface area (Å²) in [6.07, 6.45) is -0.523. The summed E-state index contributed by atoms with van der Waals surface area (Å²) in [7, 11) is 1.54. The van der Waals surface area contributed by atoms with E-state index in [4.69, 9.17) is 9.47 Å². The summed E-state index contributed by atoms with van der Waals surface area (Å²) >= 11 is 0. The summed E-state index contributed by atoms with van der Waals surface area (Å²) in [6, 6.07) is 21.5. The van der Waals surface area contributed by atoms with Crippen molar-refractivity contribution in [1.82, 2.24) is 5.32 Å². The zero-order valence-electron chi connectivity index (χ0n) is 18.0. The number of hydrogen-bond donors (Lipinski definition) is 1. The molecule has 32 heavy (non-hydrogen) atoms. The number of nitrogens with one attached hydrogen (secondary N) is 1. The van der Waals surface area contributed by atoms with Crippen molar-refractivity contribution < 1.29 is 19.1 Å². The van der Waals surface area contributed by atoms with Crippen molar-refractivity contribution in [3.8, 4) is 28.7 Å². The van der Waals surface area contributed by atoms with Crippen LogP contribution < -0.4 is 10.1 Å². The summed E-state index contributed by atoms with van der Waals surface area (Å²) < 4.78 is 10.8. The summed E-state index contributed by atoms with van der Waals surface area (Å²) in [6.45, 7) is 1.86. The van der Waals surface area contributed by atoms with Gasteiger partial charge in [-0.1, -0.05) is 60.4 Å². The molecule has 0 saturated heterocycles. The molecule has 1 aliphatic carbocycles. The number of rotatable bonds is 5. The van der Waals surface area contributed by atoms with Crippen LogP contribution in [0.4, 0.5) is 4.79 Å². The van der Waals surface area contributed by atoms with E-state index in [0.717, 1.165) is 0 Å². The fourth-order valence-corrected chi connectivity index (χ4v) is 3.93. The molecule has 0 heterocycles. The van der Waals surface area contributed by atoms with E-state index in [2.05, 4.69) is 41.4 Å². The lowest BCUT2D eigenvalue weighted by Gasteiger charge is -2.14. The molecule has 0 aromatic heterocycles. The van der Waals surface area contributed by atoms with Crippen molar-refractivity contribution in [2.24, 2.45) is 0 Å². The minimum atomic E-state index is -0.523. The van der Waals surface area contributed by atoms with E-state index in [0.29, 0.717) is 16.9 Å². The fraction of sp³-hybridized carbons (Fsp3) is 0.185. The first-order valence-electron chi connectivity index (χ1n) is 10.3. The number of ether oxygens (including phenoxy) is 2.